The molecule has 94 valence electrons. The van der Waals surface area contributed by atoms with Gasteiger partial charge in [-0.2, -0.15) is 13.2 Å². The molecule has 0 amide bonds. The summed E-state index contributed by atoms with van der Waals surface area (Å²) >= 11 is 0. The van der Waals surface area contributed by atoms with Crippen LogP contribution in [0.5, 0.6) is 0 Å². The number of halogens is 3. The van der Waals surface area contributed by atoms with E-state index < -0.39 is 12.2 Å². The highest BCUT2D eigenvalue weighted by atomic mass is 19.4. The summed E-state index contributed by atoms with van der Waals surface area (Å²) in [6, 6.07) is -1.06. The largest absolute Gasteiger partial charge is 0.404 e. The van der Waals surface area contributed by atoms with Gasteiger partial charge >= 0.3 is 6.18 Å². The molecule has 0 aliphatic carbocycles. The van der Waals surface area contributed by atoms with E-state index in [0.29, 0.717) is 13.0 Å². The number of piperidine rings is 2. The third-order valence-electron chi connectivity index (χ3n) is 3.70. The van der Waals surface area contributed by atoms with Gasteiger partial charge in [0, 0.05) is 6.04 Å². The van der Waals surface area contributed by atoms with Crippen molar-refractivity contribution in [1.29, 1.82) is 0 Å². The van der Waals surface area contributed by atoms with Gasteiger partial charge < -0.3 is 5.32 Å². The van der Waals surface area contributed by atoms with E-state index in [1.807, 2.05) is 0 Å². The molecule has 2 aliphatic rings. The highest BCUT2D eigenvalue weighted by molar-refractivity contribution is 4.89. The first-order valence-electron chi connectivity index (χ1n) is 6.12. The van der Waals surface area contributed by atoms with E-state index in [2.05, 4.69) is 5.32 Å². The monoisotopic (exact) mass is 236 g/mol. The molecule has 0 aromatic carbocycles. The lowest BCUT2D eigenvalue weighted by Crippen LogP contribution is -2.55. The van der Waals surface area contributed by atoms with Gasteiger partial charge in [0.15, 0.2) is 0 Å². The third-order valence-corrected chi connectivity index (χ3v) is 3.70. The second-order valence-electron chi connectivity index (χ2n) is 4.77. The molecule has 0 bridgehead atoms. The molecule has 2 saturated heterocycles. The zero-order valence-corrected chi connectivity index (χ0v) is 9.39. The molecule has 2 rings (SSSR count). The van der Waals surface area contributed by atoms with Gasteiger partial charge in [-0.3, -0.25) is 4.90 Å². The summed E-state index contributed by atoms with van der Waals surface area (Å²) in [7, 11) is 0. The average Bonchev–Trinajstić information content (AvgIpc) is 2.29. The zero-order chi connectivity index (χ0) is 11.6. The Bertz CT molecular complexity index is 224. The van der Waals surface area contributed by atoms with E-state index in [1.54, 1.807) is 4.90 Å². The van der Waals surface area contributed by atoms with Crippen molar-refractivity contribution in [1.82, 2.24) is 10.2 Å². The van der Waals surface area contributed by atoms with Gasteiger partial charge in [-0.25, -0.2) is 0 Å². The summed E-state index contributed by atoms with van der Waals surface area (Å²) in [4.78, 5) is 1.71. The maximum absolute atomic E-state index is 12.9. The van der Waals surface area contributed by atoms with E-state index in [-0.39, 0.29) is 12.5 Å². The number of nitrogens with one attached hydrogen (secondary N) is 1. The van der Waals surface area contributed by atoms with Crippen molar-refractivity contribution in [3.05, 3.63) is 0 Å². The molecule has 0 saturated carbocycles. The second kappa shape index (κ2) is 4.92. The standard InChI is InChI=1S/C11H19F3N2/c12-11(13,14)10-3-1-2-8-16(10)9-4-6-15-7-5-9/h9-10,15H,1-8H2. The molecule has 1 N–H and O–H groups in total. The second-order valence-corrected chi connectivity index (χ2v) is 4.77. The number of hydrogen-bond donors (Lipinski definition) is 1. The Morgan fingerprint density at radius 1 is 1.00 bits per heavy atom. The van der Waals surface area contributed by atoms with Crippen LogP contribution in [0, 0.1) is 0 Å². The van der Waals surface area contributed by atoms with E-state index in [4.69, 9.17) is 0 Å². The number of alkyl halides is 3. The summed E-state index contributed by atoms with van der Waals surface area (Å²) in [6.07, 6.45) is -0.431. The van der Waals surface area contributed by atoms with Crippen LogP contribution in [-0.4, -0.2) is 42.8 Å². The normalized spacial score (nSPS) is 30.6. The molecule has 0 aromatic rings. The van der Waals surface area contributed by atoms with Crippen LogP contribution in [-0.2, 0) is 0 Å². The van der Waals surface area contributed by atoms with Crippen LogP contribution in [0.25, 0.3) is 0 Å². The molecule has 1 atom stereocenters. The number of rotatable bonds is 1. The minimum atomic E-state index is -4.05. The fourth-order valence-corrected chi connectivity index (χ4v) is 2.88. The topological polar surface area (TPSA) is 15.3 Å². The molecule has 16 heavy (non-hydrogen) atoms. The van der Waals surface area contributed by atoms with Crippen LogP contribution in [0.2, 0.25) is 0 Å². The average molecular weight is 236 g/mol. The summed E-state index contributed by atoms with van der Waals surface area (Å²) in [6.45, 7) is 2.33. The van der Waals surface area contributed by atoms with Gasteiger partial charge in [0.2, 0.25) is 0 Å². The molecule has 2 fully saturated rings. The Morgan fingerprint density at radius 2 is 1.69 bits per heavy atom. The first kappa shape index (κ1) is 12.2. The van der Waals surface area contributed by atoms with Crippen LogP contribution in [0.1, 0.15) is 32.1 Å². The van der Waals surface area contributed by atoms with Crippen LogP contribution in [0.15, 0.2) is 0 Å². The van der Waals surface area contributed by atoms with Crippen molar-refractivity contribution in [3.8, 4) is 0 Å². The van der Waals surface area contributed by atoms with Crippen molar-refractivity contribution < 1.29 is 13.2 Å². The van der Waals surface area contributed by atoms with E-state index in [1.165, 1.54) is 0 Å². The Morgan fingerprint density at radius 3 is 2.31 bits per heavy atom. The Balaban J connectivity index is 2.03. The molecule has 1 unspecified atom stereocenters. The maximum atomic E-state index is 12.9. The summed E-state index contributed by atoms with van der Waals surface area (Å²) < 4.78 is 38.7. The molecule has 2 nitrogen and oxygen atoms in total. The van der Waals surface area contributed by atoms with E-state index >= 15 is 0 Å². The molecule has 2 heterocycles. The molecule has 0 radical (unpaired) electrons. The zero-order valence-electron chi connectivity index (χ0n) is 9.39. The number of nitrogens with zero attached hydrogens (tertiary/aromatic N) is 1. The fraction of sp³-hybridized carbons (Fsp3) is 1.00. The lowest BCUT2D eigenvalue weighted by Gasteiger charge is -2.43. The molecule has 5 heteroatoms. The first-order valence-corrected chi connectivity index (χ1v) is 6.12. The minimum absolute atomic E-state index is 0.133. The Hall–Kier alpha value is -0.290. The summed E-state index contributed by atoms with van der Waals surface area (Å²) in [5, 5.41) is 3.20. The smallest absolute Gasteiger partial charge is 0.317 e. The molecule has 2 aliphatic heterocycles. The Kier molecular flexibility index (Phi) is 3.74. The molecular weight excluding hydrogens is 217 g/mol. The van der Waals surface area contributed by atoms with Crippen LogP contribution < -0.4 is 5.32 Å². The fourth-order valence-electron chi connectivity index (χ4n) is 2.88. The summed E-state index contributed by atoms with van der Waals surface area (Å²) in [5.74, 6) is 0. The molecule has 0 spiro atoms. The number of likely N-dealkylation sites (tertiary alicyclic amines) is 1. The highest BCUT2D eigenvalue weighted by Crippen LogP contribution is 2.34. The lowest BCUT2D eigenvalue weighted by molar-refractivity contribution is -0.198. The van der Waals surface area contributed by atoms with Crippen LogP contribution in [0.3, 0.4) is 0 Å². The predicted molar refractivity (Wildman–Crippen MR) is 56.3 cm³/mol. The van der Waals surface area contributed by atoms with E-state index in [0.717, 1.165) is 32.4 Å². The predicted octanol–water partition coefficient (Wildman–Crippen LogP) is 2.16. The van der Waals surface area contributed by atoms with Gasteiger partial charge in [-0.1, -0.05) is 6.42 Å². The quantitative estimate of drug-likeness (QED) is 0.750. The van der Waals surface area contributed by atoms with Crippen molar-refractivity contribution in [2.75, 3.05) is 19.6 Å². The Labute approximate surface area is 94.2 Å². The highest BCUT2D eigenvalue weighted by Gasteiger charge is 2.46. The third kappa shape index (κ3) is 2.69. The van der Waals surface area contributed by atoms with Gasteiger partial charge in [0.25, 0.3) is 0 Å². The number of hydrogen-bond acceptors (Lipinski definition) is 2. The maximum Gasteiger partial charge on any atom is 0.404 e. The summed E-state index contributed by atoms with van der Waals surface area (Å²) in [5.41, 5.74) is 0. The van der Waals surface area contributed by atoms with Gasteiger partial charge in [-0.05, 0) is 45.3 Å². The molecular formula is C11H19F3N2. The lowest BCUT2D eigenvalue weighted by atomic mass is 9.95. The van der Waals surface area contributed by atoms with Crippen molar-refractivity contribution in [3.63, 3.8) is 0 Å². The van der Waals surface area contributed by atoms with Gasteiger partial charge in [0.1, 0.15) is 6.04 Å². The first-order chi connectivity index (χ1) is 7.59. The van der Waals surface area contributed by atoms with Crippen molar-refractivity contribution >= 4 is 0 Å². The van der Waals surface area contributed by atoms with Crippen LogP contribution in [0.4, 0.5) is 13.2 Å². The SMILES string of the molecule is FC(F)(F)C1CCCCN1C1CCNCC1. The molecule has 0 aromatic heterocycles. The van der Waals surface area contributed by atoms with Crippen LogP contribution >= 0.6 is 0 Å². The van der Waals surface area contributed by atoms with E-state index in [9.17, 15) is 13.2 Å². The van der Waals surface area contributed by atoms with Gasteiger partial charge in [0.05, 0.1) is 0 Å². The van der Waals surface area contributed by atoms with Crippen molar-refractivity contribution in [2.45, 2.75) is 50.4 Å². The van der Waals surface area contributed by atoms with Crippen molar-refractivity contribution in [2.24, 2.45) is 0 Å². The van der Waals surface area contributed by atoms with Gasteiger partial charge in [-0.15, -0.1) is 0 Å². The minimum Gasteiger partial charge on any atom is -0.317 e.